The van der Waals surface area contributed by atoms with Crippen LogP contribution in [0, 0.1) is 11.8 Å². The number of hydrogen-bond acceptors (Lipinski definition) is 6. The monoisotopic (exact) mass is 447 g/mol. The average Bonchev–Trinajstić information content (AvgIpc) is 2.95. The Morgan fingerprint density at radius 1 is 1.22 bits per heavy atom. The van der Waals surface area contributed by atoms with Crippen LogP contribution in [-0.4, -0.2) is 60.6 Å². The Bertz CT molecular complexity index is 814. The van der Waals surface area contributed by atoms with E-state index in [9.17, 15) is 9.59 Å². The Labute approximate surface area is 192 Å². The van der Waals surface area contributed by atoms with Crippen LogP contribution >= 0.6 is 0 Å². The van der Waals surface area contributed by atoms with Crippen molar-refractivity contribution in [2.24, 2.45) is 11.8 Å². The van der Waals surface area contributed by atoms with Gasteiger partial charge in [-0.05, 0) is 72.7 Å². The highest BCUT2D eigenvalue weighted by atomic mass is 16.7. The number of hydrogen-bond donors (Lipinski definition) is 0. The normalized spacial score (nSPS) is 29.8. The molecule has 0 aromatic carbocycles. The second-order valence-corrected chi connectivity index (χ2v) is 10.6. The summed E-state index contributed by atoms with van der Waals surface area (Å²) >= 11 is 0. The fourth-order valence-electron chi connectivity index (χ4n) is 4.58. The summed E-state index contributed by atoms with van der Waals surface area (Å²) in [5, 5.41) is 0. The number of piperidine rings is 1. The van der Waals surface area contributed by atoms with Crippen LogP contribution in [0.5, 0.6) is 0 Å². The Balaban J connectivity index is 1.86. The van der Waals surface area contributed by atoms with Gasteiger partial charge in [0.15, 0.2) is 0 Å². The standard InChI is InChI=1S/C24H38BNO6/c1-9-24(8)23(6,7)31-25(32-24)17-13-16-11-12-26(21(28)30-22(3,4)5)15-19(16)18(14-17)20(27)29-10-2/h13-14,16,19H,9-12,15H2,1-8H3. The molecule has 178 valence electrons. The first-order valence-electron chi connectivity index (χ1n) is 11.7. The summed E-state index contributed by atoms with van der Waals surface area (Å²) in [6.07, 6.45) is 5.19. The van der Waals surface area contributed by atoms with Gasteiger partial charge in [0.1, 0.15) is 5.60 Å². The minimum atomic E-state index is -0.566. The van der Waals surface area contributed by atoms with Gasteiger partial charge in [0.05, 0.1) is 17.8 Å². The number of allylic oxidation sites excluding steroid dienone is 3. The molecule has 7 nitrogen and oxygen atoms in total. The van der Waals surface area contributed by atoms with Gasteiger partial charge in [-0.3, -0.25) is 0 Å². The molecule has 2 saturated heterocycles. The van der Waals surface area contributed by atoms with Crippen LogP contribution in [0.3, 0.4) is 0 Å². The molecule has 32 heavy (non-hydrogen) atoms. The Morgan fingerprint density at radius 3 is 2.47 bits per heavy atom. The molecule has 0 bridgehead atoms. The number of likely N-dealkylation sites (tertiary alicyclic amines) is 1. The average molecular weight is 447 g/mol. The lowest BCUT2D eigenvalue weighted by Gasteiger charge is -2.40. The van der Waals surface area contributed by atoms with Gasteiger partial charge in [0.25, 0.3) is 0 Å². The van der Waals surface area contributed by atoms with Crippen LogP contribution < -0.4 is 0 Å². The van der Waals surface area contributed by atoms with Gasteiger partial charge in [0, 0.05) is 24.6 Å². The van der Waals surface area contributed by atoms with Crippen molar-refractivity contribution in [2.45, 2.75) is 85.0 Å². The maximum absolute atomic E-state index is 12.9. The molecule has 1 amide bonds. The molecule has 0 aromatic rings. The first-order valence-corrected chi connectivity index (χ1v) is 11.7. The molecule has 2 heterocycles. The number of nitrogens with zero attached hydrogens (tertiary/aromatic N) is 1. The summed E-state index contributed by atoms with van der Waals surface area (Å²) in [5.41, 5.74) is -0.0263. The molecule has 0 saturated carbocycles. The van der Waals surface area contributed by atoms with Gasteiger partial charge in [0.2, 0.25) is 0 Å². The molecule has 0 N–H and O–H groups in total. The van der Waals surface area contributed by atoms with E-state index in [1.165, 1.54) is 0 Å². The van der Waals surface area contributed by atoms with E-state index in [4.69, 9.17) is 18.8 Å². The maximum Gasteiger partial charge on any atom is 0.494 e. The third kappa shape index (κ3) is 4.91. The fraction of sp³-hybridized carbons (Fsp3) is 0.750. The highest BCUT2D eigenvalue weighted by Crippen LogP contribution is 2.44. The zero-order valence-corrected chi connectivity index (χ0v) is 20.8. The molecule has 8 heteroatoms. The van der Waals surface area contributed by atoms with Crippen LogP contribution in [0.1, 0.15) is 68.2 Å². The second-order valence-electron chi connectivity index (χ2n) is 10.6. The van der Waals surface area contributed by atoms with Gasteiger partial charge in [-0.1, -0.05) is 19.1 Å². The lowest BCUT2D eigenvalue weighted by Crippen LogP contribution is -2.47. The Morgan fingerprint density at radius 2 is 1.91 bits per heavy atom. The topological polar surface area (TPSA) is 74.3 Å². The third-order valence-corrected chi connectivity index (χ3v) is 6.95. The van der Waals surface area contributed by atoms with Crippen LogP contribution in [0.15, 0.2) is 23.2 Å². The van der Waals surface area contributed by atoms with E-state index in [1.807, 2.05) is 40.7 Å². The second kappa shape index (κ2) is 8.86. The number of carbonyl (C=O) groups is 2. The highest BCUT2D eigenvalue weighted by molar-refractivity contribution is 6.55. The molecular weight excluding hydrogens is 409 g/mol. The van der Waals surface area contributed by atoms with E-state index in [1.54, 1.807) is 11.8 Å². The van der Waals surface area contributed by atoms with Gasteiger partial charge < -0.3 is 23.7 Å². The summed E-state index contributed by atoms with van der Waals surface area (Å²) in [6.45, 7) is 16.9. The molecule has 0 spiro atoms. The maximum atomic E-state index is 12.9. The van der Waals surface area contributed by atoms with Crippen LogP contribution in [0.25, 0.3) is 0 Å². The summed E-state index contributed by atoms with van der Waals surface area (Å²) in [5.74, 6) is -0.405. The molecule has 3 aliphatic rings. The summed E-state index contributed by atoms with van der Waals surface area (Å²) in [7, 11) is -0.538. The highest BCUT2D eigenvalue weighted by Gasteiger charge is 2.54. The molecule has 0 radical (unpaired) electrons. The van der Waals surface area contributed by atoms with E-state index in [-0.39, 0.29) is 23.9 Å². The number of ether oxygens (including phenoxy) is 2. The smallest absolute Gasteiger partial charge is 0.463 e. The predicted octanol–water partition coefficient (Wildman–Crippen LogP) is 4.31. The largest absolute Gasteiger partial charge is 0.494 e. The Kier molecular flexibility index (Phi) is 6.88. The summed E-state index contributed by atoms with van der Waals surface area (Å²) < 4.78 is 23.6. The lowest BCUT2D eigenvalue weighted by molar-refractivity contribution is -0.139. The number of amides is 1. The van der Waals surface area contributed by atoms with Crippen molar-refractivity contribution in [1.29, 1.82) is 0 Å². The molecule has 2 fully saturated rings. The molecule has 0 aromatic heterocycles. The van der Waals surface area contributed by atoms with Gasteiger partial charge in [-0.15, -0.1) is 0 Å². The zero-order chi connectivity index (χ0) is 23.9. The van der Waals surface area contributed by atoms with Gasteiger partial charge in [-0.25, -0.2) is 9.59 Å². The Hall–Kier alpha value is -1.80. The number of esters is 1. The summed E-state index contributed by atoms with van der Waals surface area (Å²) in [6, 6.07) is 0. The number of carbonyl (C=O) groups excluding carboxylic acids is 2. The minimum absolute atomic E-state index is 0.0943. The predicted molar refractivity (Wildman–Crippen MR) is 123 cm³/mol. The van der Waals surface area contributed by atoms with Crippen molar-refractivity contribution in [3.05, 3.63) is 23.2 Å². The van der Waals surface area contributed by atoms with Crippen molar-refractivity contribution in [3.63, 3.8) is 0 Å². The third-order valence-electron chi connectivity index (χ3n) is 6.95. The molecule has 3 atom stereocenters. The van der Waals surface area contributed by atoms with Crippen LogP contribution in [0.4, 0.5) is 4.79 Å². The quantitative estimate of drug-likeness (QED) is 0.472. The minimum Gasteiger partial charge on any atom is -0.463 e. The van der Waals surface area contributed by atoms with E-state index >= 15 is 0 Å². The van der Waals surface area contributed by atoms with E-state index in [0.29, 0.717) is 25.3 Å². The van der Waals surface area contributed by atoms with Crippen LogP contribution in [0.2, 0.25) is 0 Å². The van der Waals surface area contributed by atoms with Crippen molar-refractivity contribution in [1.82, 2.24) is 4.90 Å². The van der Waals surface area contributed by atoms with Crippen molar-refractivity contribution in [3.8, 4) is 0 Å². The van der Waals surface area contributed by atoms with E-state index in [0.717, 1.165) is 18.3 Å². The number of rotatable bonds is 4. The van der Waals surface area contributed by atoms with Gasteiger partial charge >= 0.3 is 19.2 Å². The zero-order valence-electron chi connectivity index (χ0n) is 20.8. The van der Waals surface area contributed by atoms with Crippen molar-refractivity contribution in [2.75, 3.05) is 19.7 Å². The summed E-state index contributed by atoms with van der Waals surface area (Å²) in [4.78, 5) is 27.2. The van der Waals surface area contributed by atoms with Gasteiger partial charge in [-0.2, -0.15) is 0 Å². The fourth-order valence-corrected chi connectivity index (χ4v) is 4.58. The molecule has 1 aliphatic carbocycles. The molecule has 3 rings (SSSR count). The number of fused-ring (bicyclic) bond motifs is 1. The van der Waals surface area contributed by atoms with Crippen LogP contribution in [-0.2, 0) is 23.6 Å². The van der Waals surface area contributed by atoms with E-state index < -0.39 is 23.9 Å². The first kappa shape index (κ1) is 24.8. The SMILES string of the molecule is CCOC(=O)C1=CC(B2OC(C)(C)C(C)(CC)O2)=CC2CCN(C(=O)OC(C)(C)C)CC12. The lowest BCUT2D eigenvalue weighted by atomic mass is 9.67. The molecule has 3 unspecified atom stereocenters. The van der Waals surface area contributed by atoms with Crippen molar-refractivity contribution >= 4 is 19.2 Å². The first-order chi connectivity index (χ1) is 14.8. The van der Waals surface area contributed by atoms with Crippen molar-refractivity contribution < 1.29 is 28.4 Å². The molecule has 2 aliphatic heterocycles. The molecular formula is C24H38BNO6. The van der Waals surface area contributed by atoms with E-state index in [2.05, 4.69) is 19.9 Å².